The van der Waals surface area contributed by atoms with Crippen molar-refractivity contribution < 1.29 is 33.5 Å². The molecule has 0 spiro atoms. The molecule has 0 saturated heterocycles. The van der Waals surface area contributed by atoms with Crippen LogP contribution in [0.25, 0.3) is 22.5 Å². The van der Waals surface area contributed by atoms with Crippen LogP contribution >= 0.6 is 0 Å². The zero-order chi connectivity index (χ0) is 25.7. The molecular weight excluding hydrogens is 476 g/mol. The van der Waals surface area contributed by atoms with E-state index < -0.39 is 0 Å². The molecule has 0 unspecified atom stereocenters. The van der Waals surface area contributed by atoms with Crippen molar-refractivity contribution in [2.45, 2.75) is 38.9 Å². The molecule has 37 heavy (non-hydrogen) atoms. The SMILES string of the molecule is OCCCCOc1ccc(-c2cc(COCc3cc(-c4ccc(OCCCCO)cc4)no3)on2)cc1. The van der Waals surface area contributed by atoms with Crippen molar-refractivity contribution in [3.05, 3.63) is 72.2 Å². The molecule has 9 heteroatoms. The van der Waals surface area contributed by atoms with E-state index in [-0.39, 0.29) is 26.4 Å². The molecule has 0 fully saturated rings. The summed E-state index contributed by atoms with van der Waals surface area (Å²) in [6, 6.07) is 19.0. The van der Waals surface area contributed by atoms with Crippen LogP contribution < -0.4 is 9.47 Å². The number of aromatic nitrogens is 2. The molecule has 0 bridgehead atoms. The lowest BCUT2D eigenvalue weighted by molar-refractivity contribution is 0.0727. The van der Waals surface area contributed by atoms with Gasteiger partial charge >= 0.3 is 0 Å². The summed E-state index contributed by atoms with van der Waals surface area (Å²) in [5, 5.41) is 25.9. The highest BCUT2D eigenvalue weighted by molar-refractivity contribution is 5.60. The number of unbranched alkanes of at least 4 members (excludes halogenated alkanes) is 2. The maximum absolute atomic E-state index is 8.83. The summed E-state index contributed by atoms with van der Waals surface area (Å²) < 4.78 is 27.8. The van der Waals surface area contributed by atoms with Crippen LogP contribution in [-0.2, 0) is 18.0 Å². The summed E-state index contributed by atoms with van der Waals surface area (Å²) in [5.41, 5.74) is 3.26. The van der Waals surface area contributed by atoms with E-state index in [0.29, 0.717) is 36.1 Å². The normalized spacial score (nSPS) is 11.1. The second-order valence-electron chi connectivity index (χ2n) is 8.46. The van der Waals surface area contributed by atoms with Crippen molar-refractivity contribution in [1.29, 1.82) is 0 Å². The molecule has 2 heterocycles. The zero-order valence-electron chi connectivity index (χ0n) is 20.7. The number of aliphatic hydroxyl groups excluding tert-OH is 2. The fraction of sp³-hybridized carbons (Fsp3) is 0.357. The third-order valence-corrected chi connectivity index (χ3v) is 5.55. The predicted molar refractivity (Wildman–Crippen MR) is 136 cm³/mol. The van der Waals surface area contributed by atoms with Gasteiger partial charge in [0.05, 0.1) is 13.2 Å². The minimum absolute atomic E-state index is 0.179. The van der Waals surface area contributed by atoms with E-state index in [2.05, 4.69) is 10.3 Å². The third-order valence-electron chi connectivity index (χ3n) is 5.55. The van der Waals surface area contributed by atoms with Gasteiger partial charge in [0.2, 0.25) is 0 Å². The average molecular weight is 509 g/mol. The number of hydrogen-bond donors (Lipinski definition) is 2. The first kappa shape index (κ1) is 26.4. The summed E-state index contributed by atoms with van der Waals surface area (Å²) >= 11 is 0. The summed E-state index contributed by atoms with van der Waals surface area (Å²) in [7, 11) is 0. The lowest BCUT2D eigenvalue weighted by atomic mass is 10.1. The molecule has 0 aliphatic heterocycles. The van der Waals surface area contributed by atoms with Gasteiger partial charge in [-0.3, -0.25) is 0 Å². The lowest BCUT2D eigenvalue weighted by Crippen LogP contribution is -1.98. The van der Waals surface area contributed by atoms with E-state index in [1.54, 1.807) is 0 Å². The molecule has 2 N–H and O–H groups in total. The van der Waals surface area contributed by atoms with E-state index in [1.807, 2.05) is 60.7 Å². The van der Waals surface area contributed by atoms with Crippen LogP contribution in [0.4, 0.5) is 0 Å². The van der Waals surface area contributed by atoms with Gasteiger partial charge in [-0.05, 0) is 74.2 Å². The molecule has 0 aliphatic carbocycles. The van der Waals surface area contributed by atoms with Crippen molar-refractivity contribution in [2.75, 3.05) is 26.4 Å². The smallest absolute Gasteiger partial charge is 0.163 e. The maximum atomic E-state index is 8.83. The number of aliphatic hydroxyl groups is 2. The minimum Gasteiger partial charge on any atom is -0.494 e. The van der Waals surface area contributed by atoms with Gasteiger partial charge in [-0.2, -0.15) is 0 Å². The molecule has 0 aliphatic rings. The first-order chi connectivity index (χ1) is 18.2. The quantitative estimate of drug-likeness (QED) is 0.201. The Kier molecular flexibility index (Phi) is 10.1. The Morgan fingerprint density at radius 2 is 1.03 bits per heavy atom. The first-order valence-corrected chi connectivity index (χ1v) is 12.4. The van der Waals surface area contributed by atoms with Gasteiger partial charge in [-0.25, -0.2) is 0 Å². The summed E-state index contributed by atoms with van der Waals surface area (Å²) in [5.74, 6) is 2.76. The fourth-order valence-electron chi connectivity index (χ4n) is 3.54. The highest BCUT2D eigenvalue weighted by Gasteiger charge is 2.10. The van der Waals surface area contributed by atoms with Crippen LogP contribution in [0.3, 0.4) is 0 Å². The summed E-state index contributed by atoms with van der Waals surface area (Å²) in [6.07, 6.45) is 3.10. The Labute approximate surface area is 215 Å². The second-order valence-corrected chi connectivity index (χ2v) is 8.46. The Hall–Kier alpha value is -3.66. The van der Waals surface area contributed by atoms with Crippen LogP contribution in [0.2, 0.25) is 0 Å². The summed E-state index contributed by atoms with van der Waals surface area (Å²) in [6.45, 7) is 2.00. The largest absolute Gasteiger partial charge is 0.494 e. The van der Waals surface area contributed by atoms with Crippen molar-refractivity contribution >= 4 is 0 Å². The fourth-order valence-corrected chi connectivity index (χ4v) is 3.54. The molecule has 0 radical (unpaired) electrons. The van der Waals surface area contributed by atoms with Gasteiger partial charge in [0.25, 0.3) is 0 Å². The molecule has 196 valence electrons. The average Bonchev–Trinajstić information content (AvgIpc) is 3.60. The van der Waals surface area contributed by atoms with Gasteiger partial charge in [0, 0.05) is 36.5 Å². The van der Waals surface area contributed by atoms with Crippen LogP contribution in [0.5, 0.6) is 11.5 Å². The molecule has 4 rings (SSSR count). The highest BCUT2D eigenvalue weighted by Crippen LogP contribution is 2.24. The molecule has 0 amide bonds. The van der Waals surface area contributed by atoms with E-state index >= 15 is 0 Å². The van der Waals surface area contributed by atoms with Gasteiger partial charge < -0.3 is 33.5 Å². The highest BCUT2D eigenvalue weighted by atomic mass is 16.5. The number of nitrogens with zero attached hydrogens (tertiary/aromatic N) is 2. The lowest BCUT2D eigenvalue weighted by Gasteiger charge is -2.05. The van der Waals surface area contributed by atoms with Gasteiger partial charge in [0.1, 0.15) is 36.1 Å². The van der Waals surface area contributed by atoms with Gasteiger partial charge in [-0.15, -0.1) is 0 Å². The molecule has 0 saturated carbocycles. The zero-order valence-corrected chi connectivity index (χ0v) is 20.7. The molecule has 2 aromatic carbocycles. The minimum atomic E-state index is 0.179. The van der Waals surface area contributed by atoms with Crippen molar-refractivity contribution in [3.63, 3.8) is 0 Å². The van der Waals surface area contributed by atoms with Crippen LogP contribution in [0, 0.1) is 0 Å². The number of ether oxygens (including phenoxy) is 3. The number of rotatable bonds is 16. The number of hydrogen-bond acceptors (Lipinski definition) is 9. The van der Waals surface area contributed by atoms with Gasteiger partial charge in [-0.1, -0.05) is 10.3 Å². The van der Waals surface area contributed by atoms with Crippen molar-refractivity contribution in [3.8, 4) is 34.0 Å². The van der Waals surface area contributed by atoms with E-state index in [4.69, 9.17) is 33.5 Å². The van der Waals surface area contributed by atoms with Crippen molar-refractivity contribution in [2.24, 2.45) is 0 Å². The Bertz CT molecular complexity index is 1090. The van der Waals surface area contributed by atoms with E-state index in [9.17, 15) is 0 Å². The summed E-state index contributed by atoms with van der Waals surface area (Å²) in [4.78, 5) is 0. The number of benzene rings is 2. The Balaban J connectivity index is 1.22. The predicted octanol–water partition coefficient (Wildman–Crippen LogP) is 5.02. The van der Waals surface area contributed by atoms with Crippen molar-refractivity contribution in [1.82, 2.24) is 10.3 Å². The molecule has 0 atom stereocenters. The molecular formula is C28H32N2O7. The monoisotopic (exact) mass is 508 g/mol. The van der Waals surface area contributed by atoms with Crippen LogP contribution in [-0.4, -0.2) is 47.0 Å². The standard InChI is InChI=1S/C28H32N2O7/c31-13-1-3-15-34-23-9-5-21(6-10-23)27-17-25(36-29-27)19-33-20-26-18-28(30-37-26)22-7-11-24(12-8-22)35-16-4-2-14-32/h5-12,17-18,31-32H,1-4,13-16,19-20H2. The van der Waals surface area contributed by atoms with Crippen LogP contribution in [0.15, 0.2) is 69.7 Å². The molecule has 2 aromatic heterocycles. The van der Waals surface area contributed by atoms with E-state index in [1.165, 1.54) is 0 Å². The van der Waals surface area contributed by atoms with Crippen LogP contribution in [0.1, 0.15) is 37.2 Å². The second kappa shape index (κ2) is 14.2. The third kappa shape index (κ3) is 8.18. The Morgan fingerprint density at radius 3 is 1.43 bits per heavy atom. The first-order valence-electron chi connectivity index (χ1n) is 12.4. The molecule has 4 aromatic rings. The molecule has 9 nitrogen and oxygen atoms in total. The van der Waals surface area contributed by atoms with Gasteiger partial charge in [0.15, 0.2) is 11.5 Å². The maximum Gasteiger partial charge on any atom is 0.163 e. The topological polar surface area (TPSA) is 120 Å². The van der Waals surface area contributed by atoms with E-state index in [0.717, 1.165) is 48.3 Å². The Morgan fingerprint density at radius 1 is 0.595 bits per heavy atom.